The summed E-state index contributed by atoms with van der Waals surface area (Å²) in [6, 6.07) is 17.8. The molecule has 3 nitrogen and oxygen atoms in total. The summed E-state index contributed by atoms with van der Waals surface area (Å²) in [6.07, 6.45) is 0.599. The second-order valence-corrected chi connectivity index (χ2v) is 3.95. The number of benzene rings is 2. The van der Waals surface area contributed by atoms with Crippen LogP contribution in [0, 0.1) is 0 Å². The van der Waals surface area contributed by atoms with Crippen LogP contribution in [-0.4, -0.2) is 12.5 Å². The molecule has 1 aliphatic heterocycles. The maximum absolute atomic E-state index is 11.2. The minimum absolute atomic E-state index is 0.324. The molecule has 0 aliphatic carbocycles. The van der Waals surface area contributed by atoms with Gasteiger partial charge in [-0.2, -0.15) is 0 Å². The second kappa shape index (κ2) is 3.94. The SMILES string of the molecule is O=CC1Nc2ccccc2N1c1ccccc1. The Morgan fingerprint density at radius 1 is 1.00 bits per heavy atom. The highest BCUT2D eigenvalue weighted by Crippen LogP contribution is 2.38. The van der Waals surface area contributed by atoms with Crippen LogP contribution in [0.3, 0.4) is 0 Å². The minimum Gasteiger partial charge on any atom is -0.357 e. The normalized spacial score (nSPS) is 17.4. The molecule has 0 radical (unpaired) electrons. The monoisotopic (exact) mass is 224 g/mol. The number of fused-ring (bicyclic) bond motifs is 1. The number of aldehydes is 1. The summed E-state index contributed by atoms with van der Waals surface area (Å²) in [5, 5.41) is 3.19. The van der Waals surface area contributed by atoms with Crippen LogP contribution in [0.1, 0.15) is 0 Å². The van der Waals surface area contributed by atoms with Crippen LogP contribution in [0.5, 0.6) is 0 Å². The third-order valence-corrected chi connectivity index (χ3v) is 2.91. The van der Waals surface area contributed by atoms with E-state index in [0.29, 0.717) is 0 Å². The summed E-state index contributed by atoms with van der Waals surface area (Å²) in [7, 11) is 0. The Kier molecular flexibility index (Phi) is 2.29. The second-order valence-electron chi connectivity index (χ2n) is 3.95. The van der Waals surface area contributed by atoms with E-state index in [-0.39, 0.29) is 6.17 Å². The molecule has 0 fully saturated rings. The highest BCUT2D eigenvalue weighted by molar-refractivity contribution is 5.89. The van der Waals surface area contributed by atoms with Crippen molar-refractivity contribution in [3.63, 3.8) is 0 Å². The van der Waals surface area contributed by atoms with Crippen molar-refractivity contribution in [2.45, 2.75) is 6.17 Å². The first-order valence-corrected chi connectivity index (χ1v) is 5.55. The van der Waals surface area contributed by atoms with Crippen LogP contribution < -0.4 is 10.2 Å². The van der Waals surface area contributed by atoms with Crippen LogP contribution >= 0.6 is 0 Å². The van der Waals surface area contributed by atoms with Gasteiger partial charge >= 0.3 is 0 Å². The number of hydrogen-bond acceptors (Lipinski definition) is 3. The van der Waals surface area contributed by atoms with Gasteiger partial charge in [-0.3, -0.25) is 4.79 Å². The lowest BCUT2D eigenvalue weighted by molar-refractivity contribution is -0.108. The Morgan fingerprint density at radius 2 is 1.71 bits per heavy atom. The molecule has 1 unspecified atom stereocenters. The van der Waals surface area contributed by atoms with E-state index in [1.165, 1.54) is 0 Å². The van der Waals surface area contributed by atoms with Crippen molar-refractivity contribution in [3.05, 3.63) is 54.6 Å². The molecule has 1 N–H and O–H groups in total. The van der Waals surface area contributed by atoms with Crippen LogP contribution in [-0.2, 0) is 4.79 Å². The lowest BCUT2D eigenvalue weighted by Crippen LogP contribution is -2.32. The lowest BCUT2D eigenvalue weighted by atomic mass is 10.2. The zero-order chi connectivity index (χ0) is 11.7. The van der Waals surface area contributed by atoms with Crippen molar-refractivity contribution in [2.75, 3.05) is 10.2 Å². The van der Waals surface area contributed by atoms with Gasteiger partial charge in [-0.05, 0) is 24.3 Å². The largest absolute Gasteiger partial charge is 0.357 e. The van der Waals surface area contributed by atoms with Crippen molar-refractivity contribution in [2.24, 2.45) is 0 Å². The highest BCUT2D eigenvalue weighted by Gasteiger charge is 2.28. The Balaban J connectivity index is 2.11. The fourth-order valence-electron chi connectivity index (χ4n) is 2.16. The van der Waals surface area contributed by atoms with Gasteiger partial charge in [0, 0.05) is 5.69 Å². The molecular formula is C14H12N2O. The van der Waals surface area contributed by atoms with Gasteiger partial charge in [-0.1, -0.05) is 30.3 Å². The van der Waals surface area contributed by atoms with Crippen LogP contribution in [0.2, 0.25) is 0 Å². The zero-order valence-corrected chi connectivity index (χ0v) is 9.21. The molecular weight excluding hydrogens is 212 g/mol. The van der Waals surface area contributed by atoms with Crippen LogP contribution in [0.4, 0.5) is 17.1 Å². The molecule has 0 aromatic heterocycles. The summed E-state index contributed by atoms with van der Waals surface area (Å²) in [5.41, 5.74) is 3.05. The first kappa shape index (κ1) is 9.90. The Hall–Kier alpha value is -2.29. The minimum atomic E-state index is -0.324. The summed E-state index contributed by atoms with van der Waals surface area (Å²) >= 11 is 0. The lowest BCUT2D eigenvalue weighted by Gasteiger charge is -2.22. The number of hydrogen-bond donors (Lipinski definition) is 1. The molecule has 3 heteroatoms. The Labute approximate surface area is 99.7 Å². The standard InChI is InChI=1S/C14H12N2O/c17-10-14-15-12-8-4-5-9-13(12)16(14)11-6-2-1-3-7-11/h1-10,14-15H. The van der Waals surface area contributed by atoms with E-state index in [4.69, 9.17) is 0 Å². The molecule has 84 valence electrons. The fourth-order valence-corrected chi connectivity index (χ4v) is 2.16. The smallest absolute Gasteiger partial charge is 0.163 e. The molecule has 3 rings (SSSR count). The Bertz CT molecular complexity index is 539. The predicted octanol–water partition coefficient (Wildman–Crippen LogP) is 2.78. The van der Waals surface area contributed by atoms with Crippen molar-refractivity contribution in [3.8, 4) is 0 Å². The summed E-state index contributed by atoms with van der Waals surface area (Å²) in [5.74, 6) is 0. The van der Waals surface area contributed by atoms with Gasteiger partial charge in [0.2, 0.25) is 0 Å². The molecule has 0 bridgehead atoms. The Morgan fingerprint density at radius 3 is 2.47 bits per heavy atom. The number of rotatable bonds is 2. The molecule has 1 atom stereocenters. The molecule has 17 heavy (non-hydrogen) atoms. The van der Waals surface area contributed by atoms with Crippen molar-refractivity contribution >= 4 is 23.3 Å². The summed E-state index contributed by atoms with van der Waals surface area (Å²) in [6.45, 7) is 0. The van der Waals surface area contributed by atoms with E-state index >= 15 is 0 Å². The predicted molar refractivity (Wildman–Crippen MR) is 68.5 cm³/mol. The molecule has 1 heterocycles. The van der Waals surface area contributed by atoms with Gasteiger partial charge in [0.05, 0.1) is 11.4 Å². The average Bonchev–Trinajstić information content (AvgIpc) is 2.78. The molecule has 2 aromatic carbocycles. The summed E-state index contributed by atoms with van der Waals surface area (Å²) in [4.78, 5) is 13.2. The number of para-hydroxylation sites is 3. The molecule has 0 saturated heterocycles. The maximum atomic E-state index is 11.2. The first-order valence-electron chi connectivity index (χ1n) is 5.55. The molecule has 2 aromatic rings. The van der Waals surface area contributed by atoms with Crippen LogP contribution in [0.25, 0.3) is 0 Å². The number of nitrogens with zero attached hydrogens (tertiary/aromatic N) is 1. The molecule has 1 aliphatic rings. The van der Waals surface area contributed by atoms with Gasteiger partial charge in [0.25, 0.3) is 0 Å². The van der Waals surface area contributed by atoms with E-state index in [1.807, 2.05) is 59.5 Å². The van der Waals surface area contributed by atoms with E-state index < -0.39 is 0 Å². The van der Waals surface area contributed by atoms with Gasteiger partial charge in [0.15, 0.2) is 12.5 Å². The average molecular weight is 224 g/mol. The number of anilines is 3. The highest BCUT2D eigenvalue weighted by atomic mass is 16.1. The van der Waals surface area contributed by atoms with E-state index in [9.17, 15) is 4.79 Å². The third-order valence-electron chi connectivity index (χ3n) is 2.91. The van der Waals surface area contributed by atoms with Gasteiger partial charge in [-0.25, -0.2) is 0 Å². The molecule has 0 saturated carbocycles. The topological polar surface area (TPSA) is 32.3 Å². The van der Waals surface area contributed by atoms with Crippen molar-refractivity contribution < 1.29 is 4.79 Å². The van der Waals surface area contributed by atoms with E-state index in [0.717, 1.165) is 23.3 Å². The van der Waals surface area contributed by atoms with E-state index in [1.54, 1.807) is 0 Å². The third kappa shape index (κ3) is 1.56. The molecule has 0 amide bonds. The van der Waals surface area contributed by atoms with Crippen molar-refractivity contribution in [1.82, 2.24) is 0 Å². The molecule has 0 spiro atoms. The van der Waals surface area contributed by atoms with Crippen LogP contribution in [0.15, 0.2) is 54.6 Å². The first-order chi connectivity index (χ1) is 8.40. The summed E-state index contributed by atoms with van der Waals surface area (Å²) < 4.78 is 0. The quantitative estimate of drug-likeness (QED) is 0.796. The number of nitrogens with one attached hydrogen (secondary N) is 1. The van der Waals surface area contributed by atoms with Gasteiger partial charge < -0.3 is 10.2 Å². The zero-order valence-electron chi connectivity index (χ0n) is 9.21. The number of carbonyl (C=O) groups is 1. The van der Waals surface area contributed by atoms with Gasteiger partial charge in [-0.15, -0.1) is 0 Å². The maximum Gasteiger partial charge on any atom is 0.163 e. The fraction of sp³-hybridized carbons (Fsp3) is 0.0714. The van der Waals surface area contributed by atoms with Crippen molar-refractivity contribution in [1.29, 1.82) is 0 Å². The van der Waals surface area contributed by atoms with Gasteiger partial charge in [0.1, 0.15) is 0 Å². The van der Waals surface area contributed by atoms with E-state index in [2.05, 4.69) is 5.32 Å². The number of carbonyl (C=O) groups excluding carboxylic acids is 1.